The number of hydrogen-bond acceptors (Lipinski definition) is 9. The molecule has 0 radical (unpaired) electrons. The third kappa shape index (κ3) is 6.99. The van der Waals surface area contributed by atoms with Gasteiger partial charge in [0.05, 0.1) is 28.9 Å². The van der Waals surface area contributed by atoms with E-state index in [0.717, 1.165) is 72.6 Å². The minimum absolute atomic E-state index is 0.0506. The van der Waals surface area contributed by atoms with Crippen molar-refractivity contribution in [3.63, 3.8) is 0 Å². The average Bonchev–Trinajstić information content (AvgIpc) is 3.51. The zero-order valence-electron chi connectivity index (χ0n) is 26.7. The van der Waals surface area contributed by atoms with Crippen LogP contribution in [0.15, 0.2) is 59.5 Å². The Balaban J connectivity index is 1.10. The molecule has 12 heteroatoms. The number of aliphatic hydroxyl groups is 1. The molecule has 0 saturated carbocycles. The van der Waals surface area contributed by atoms with Crippen molar-refractivity contribution in [3.05, 3.63) is 93.0 Å². The van der Waals surface area contributed by atoms with Crippen molar-refractivity contribution in [1.29, 1.82) is 0 Å². The molecule has 2 aromatic carbocycles. The molecule has 0 unspecified atom stereocenters. The van der Waals surface area contributed by atoms with Crippen LogP contribution in [0.2, 0.25) is 0 Å². The summed E-state index contributed by atoms with van der Waals surface area (Å²) in [4.78, 5) is 32.6. The molecular weight excluding hydrogens is 598 g/mol. The Hall–Kier alpha value is -4.78. The number of aliphatic hydroxyl groups excluding tert-OH is 1. The van der Waals surface area contributed by atoms with E-state index in [9.17, 15) is 19.8 Å². The number of aromatic hydroxyl groups is 1. The van der Waals surface area contributed by atoms with E-state index < -0.39 is 6.10 Å². The van der Waals surface area contributed by atoms with Gasteiger partial charge in [0.15, 0.2) is 5.65 Å². The average molecular weight is 640 g/mol. The summed E-state index contributed by atoms with van der Waals surface area (Å²) in [5.74, 6) is -0.231. The second-order valence-corrected chi connectivity index (χ2v) is 11.8. The molecular formula is C35H41N7O5. The molecule has 1 aliphatic heterocycles. The number of rotatable bonds is 12. The highest BCUT2D eigenvalue weighted by Gasteiger charge is 2.22. The lowest BCUT2D eigenvalue weighted by molar-refractivity contribution is 0.0904. The number of phenols is 1. The van der Waals surface area contributed by atoms with Crippen LogP contribution in [0.4, 0.5) is 5.69 Å². The summed E-state index contributed by atoms with van der Waals surface area (Å²) in [5, 5.41) is 37.2. The number of carbonyl (C=O) groups excluding carboxylic acids is 1. The van der Waals surface area contributed by atoms with Crippen molar-refractivity contribution >= 4 is 33.5 Å². The van der Waals surface area contributed by atoms with E-state index in [1.807, 2.05) is 29.9 Å². The predicted molar refractivity (Wildman–Crippen MR) is 181 cm³/mol. The molecule has 5 aromatic rings. The minimum Gasteiger partial charge on any atom is -0.506 e. The zero-order chi connectivity index (χ0) is 32.9. The van der Waals surface area contributed by atoms with Crippen molar-refractivity contribution < 1.29 is 19.7 Å². The number of aromatic nitrogens is 4. The first-order chi connectivity index (χ1) is 22.9. The number of aryl methyl sites for hydroxylation is 2. The second-order valence-electron chi connectivity index (χ2n) is 11.8. The first-order valence-corrected chi connectivity index (χ1v) is 16.2. The fourth-order valence-electron chi connectivity index (χ4n) is 6.16. The summed E-state index contributed by atoms with van der Waals surface area (Å²) in [6.45, 7) is 7.34. The van der Waals surface area contributed by atoms with Crippen LogP contribution in [0.1, 0.15) is 65.5 Å². The molecule has 1 fully saturated rings. The molecule has 47 heavy (non-hydrogen) atoms. The summed E-state index contributed by atoms with van der Waals surface area (Å²) in [7, 11) is 0. The second kappa shape index (κ2) is 14.3. The number of hydrogen-bond donors (Lipinski definition) is 6. The van der Waals surface area contributed by atoms with Gasteiger partial charge < -0.3 is 35.9 Å². The summed E-state index contributed by atoms with van der Waals surface area (Å²) in [6, 6.07) is 13.7. The van der Waals surface area contributed by atoms with Crippen LogP contribution in [-0.4, -0.2) is 61.7 Å². The Morgan fingerprint density at radius 3 is 2.60 bits per heavy atom. The number of H-pyrrole nitrogens is 1. The molecule has 6 N–H and O–H groups in total. The Morgan fingerprint density at radius 2 is 1.85 bits per heavy atom. The molecule has 1 amide bonds. The van der Waals surface area contributed by atoms with Crippen molar-refractivity contribution in [3.8, 4) is 5.75 Å². The van der Waals surface area contributed by atoms with Gasteiger partial charge in [-0.1, -0.05) is 25.1 Å². The number of ether oxygens (including phenoxy) is 1. The number of pyridine rings is 2. The molecule has 6 rings (SSSR count). The number of benzene rings is 2. The monoisotopic (exact) mass is 639 g/mol. The smallest absolute Gasteiger partial charge is 0.251 e. The third-order valence-corrected chi connectivity index (χ3v) is 8.75. The number of phenolic OH excluding ortho intramolecular Hbond substituents is 1. The van der Waals surface area contributed by atoms with E-state index in [0.29, 0.717) is 35.1 Å². The Kier molecular flexibility index (Phi) is 9.81. The number of fused-ring (bicyclic) bond motifs is 2. The van der Waals surface area contributed by atoms with Gasteiger partial charge in [0.25, 0.3) is 5.91 Å². The van der Waals surface area contributed by atoms with Crippen LogP contribution >= 0.6 is 0 Å². The van der Waals surface area contributed by atoms with Gasteiger partial charge in [-0.3, -0.25) is 9.59 Å². The van der Waals surface area contributed by atoms with E-state index >= 15 is 0 Å². The van der Waals surface area contributed by atoms with Gasteiger partial charge in [0.2, 0.25) is 5.56 Å². The van der Waals surface area contributed by atoms with Crippen molar-refractivity contribution in [2.24, 2.45) is 0 Å². The van der Waals surface area contributed by atoms with Gasteiger partial charge in [-0.25, -0.2) is 9.67 Å². The SMILES string of the molecule is CCc1nc2c(cnn2CC)c(NC2CCOCC2)c1CNC(=O)c1ccc(CNC[C@H](O)c2ccc(O)c3[nH]c(=O)ccc23)cc1. The van der Waals surface area contributed by atoms with E-state index in [4.69, 9.17) is 9.72 Å². The van der Waals surface area contributed by atoms with Gasteiger partial charge in [0.1, 0.15) is 5.75 Å². The number of aromatic amines is 1. The fraction of sp³-hybridized carbons (Fsp3) is 0.371. The molecule has 1 atom stereocenters. The van der Waals surface area contributed by atoms with Crippen LogP contribution in [0.3, 0.4) is 0 Å². The standard InChI is InChI=1S/C35H41N7O5/c1-3-28-26(32(39-23-13-15-47-16-14-23)27-19-38-42(4-2)34(27)40-28)18-37-35(46)22-7-5-21(6-8-22)17-36-20-30(44)24-9-11-29(43)33-25(24)10-12-31(45)41-33/h5-12,19,23,30,36,43-44H,3-4,13-18,20H2,1-2H3,(H,37,46)(H,39,40)(H,41,45)/t30-/m0/s1. The highest BCUT2D eigenvalue weighted by molar-refractivity contribution is 5.95. The molecule has 0 spiro atoms. The molecule has 1 saturated heterocycles. The Labute approximate surface area is 272 Å². The number of carbonyl (C=O) groups is 1. The van der Waals surface area contributed by atoms with E-state index in [2.05, 4.69) is 33.0 Å². The summed E-state index contributed by atoms with van der Waals surface area (Å²) in [6.07, 6.45) is 3.54. The van der Waals surface area contributed by atoms with E-state index in [1.54, 1.807) is 24.3 Å². The number of anilines is 1. The summed E-state index contributed by atoms with van der Waals surface area (Å²) in [5.41, 5.74) is 5.79. The molecule has 3 aromatic heterocycles. The first kappa shape index (κ1) is 32.2. The van der Waals surface area contributed by atoms with Crippen LogP contribution in [0, 0.1) is 0 Å². The van der Waals surface area contributed by atoms with Crippen LogP contribution < -0.4 is 21.5 Å². The van der Waals surface area contributed by atoms with Crippen LogP contribution in [0.25, 0.3) is 21.9 Å². The van der Waals surface area contributed by atoms with Crippen LogP contribution in [0.5, 0.6) is 5.75 Å². The number of nitrogens with one attached hydrogen (secondary N) is 4. The molecule has 246 valence electrons. The van der Waals surface area contributed by atoms with Gasteiger partial charge >= 0.3 is 0 Å². The Morgan fingerprint density at radius 1 is 1.06 bits per heavy atom. The lowest BCUT2D eigenvalue weighted by atomic mass is 10.0. The van der Waals surface area contributed by atoms with Crippen LogP contribution in [-0.2, 0) is 30.8 Å². The Bertz CT molecular complexity index is 1930. The maximum Gasteiger partial charge on any atom is 0.251 e. The zero-order valence-corrected chi connectivity index (χ0v) is 26.7. The lowest BCUT2D eigenvalue weighted by Crippen LogP contribution is -2.30. The van der Waals surface area contributed by atoms with E-state index in [1.165, 1.54) is 12.1 Å². The largest absolute Gasteiger partial charge is 0.506 e. The molecule has 1 aliphatic rings. The summed E-state index contributed by atoms with van der Waals surface area (Å²) < 4.78 is 7.48. The predicted octanol–water partition coefficient (Wildman–Crippen LogP) is 3.90. The molecule has 0 bridgehead atoms. The highest BCUT2D eigenvalue weighted by atomic mass is 16.5. The van der Waals surface area contributed by atoms with Gasteiger partial charge in [0, 0.05) is 73.7 Å². The minimum atomic E-state index is -0.863. The van der Waals surface area contributed by atoms with Gasteiger partial charge in [-0.15, -0.1) is 0 Å². The van der Waals surface area contributed by atoms with Crippen molar-refractivity contribution in [2.45, 2.75) is 64.9 Å². The van der Waals surface area contributed by atoms with Crippen molar-refractivity contribution in [1.82, 2.24) is 30.4 Å². The molecule has 4 heterocycles. The number of nitrogens with zero attached hydrogens (tertiary/aromatic N) is 3. The van der Waals surface area contributed by atoms with Gasteiger partial charge in [-0.2, -0.15) is 5.10 Å². The third-order valence-electron chi connectivity index (χ3n) is 8.75. The summed E-state index contributed by atoms with van der Waals surface area (Å²) >= 11 is 0. The maximum absolute atomic E-state index is 13.3. The molecule has 0 aliphatic carbocycles. The first-order valence-electron chi connectivity index (χ1n) is 16.2. The maximum atomic E-state index is 13.3. The topological polar surface area (TPSA) is 166 Å². The van der Waals surface area contributed by atoms with E-state index in [-0.39, 0.29) is 29.8 Å². The highest BCUT2D eigenvalue weighted by Crippen LogP contribution is 2.32. The van der Waals surface area contributed by atoms with Gasteiger partial charge in [-0.05, 0) is 61.6 Å². The fourth-order valence-corrected chi connectivity index (χ4v) is 6.16. The molecule has 12 nitrogen and oxygen atoms in total. The normalized spacial score (nSPS) is 14.4. The van der Waals surface area contributed by atoms with Crippen molar-refractivity contribution in [2.75, 3.05) is 25.1 Å². The quantitative estimate of drug-likeness (QED) is 0.119. The lowest BCUT2D eigenvalue weighted by Gasteiger charge is -2.26. The number of amides is 1.